The molecule has 2 rings (SSSR count). The highest BCUT2D eigenvalue weighted by Crippen LogP contribution is 2.47. The SMILES string of the molecule is CC1CCC(CN)(C2CCOCC2)CC1. The van der Waals surface area contributed by atoms with Gasteiger partial charge in [-0.3, -0.25) is 0 Å². The van der Waals surface area contributed by atoms with Gasteiger partial charge in [-0.2, -0.15) is 0 Å². The topological polar surface area (TPSA) is 35.2 Å². The summed E-state index contributed by atoms with van der Waals surface area (Å²) in [5, 5.41) is 0. The highest BCUT2D eigenvalue weighted by molar-refractivity contribution is 4.92. The van der Waals surface area contributed by atoms with Crippen LogP contribution in [0.4, 0.5) is 0 Å². The fourth-order valence-corrected chi connectivity index (χ4v) is 3.43. The van der Waals surface area contributed by atoms with Gasteiger partial charge in [-0.1, -0.05) is 19.8 Å². The molecule has 1 aliphatic carbocycles. The molecular formula is C13H25NO. The van der Waals surface area contributed by atoms with Gasteiger partial charge in [0.15, 0.2) is 0 Å². The van der Waals surface area contributed by atoms with E-state index in [9.17, 15) is 0 Å². The summed E-state index contributed by atoms with van der Waals surface area (Å²) in [6, 6.07) is 0. The summed E-state index contributed by atoms with van der Waals surface area (Å²) >= 11 is 0. The molecule has 0 radical (unpaired) electrons. The van der Waals surface area contributed by atoms with E-state index < -0.39 is 0 Å². The van der Waals surface area contributed by atoms with Crippen molar-refractivity contribution in [3.05, 3.63) is 0 Å². The third-order valence-corrected chi connectivity index (χ3v) is 4.76. The molecule has 0 aromatic carbocycles. The first kappa shape index (κ1) is 11.4. The van der Waals surface area contributed by atoms with Crippen LogP contribution in [-0.2, 0) is 4.74 Å². The number of ether oxygens (including phenoxy) is 1. The minimum atomic E-state index is 0.469. The van der Waals surface area contributed by atoms with E-state index in [1.807, 2.05) is 0 Å². The zero-order valence-electron chi connectivity index (χ0n) is 10.0. The van der Waals surface area contributed by atoms with Crippen LogP contribution in [0, 0.1) is 17.3 Å². The van der Waals surface area contributed by atoms with Crippen LogP contribution in [0.5, 0.6) is 0 Å². The average molecular weight is 211 g/mol. The van der Waals surface area contributed by atoms with E-state index in [2.05, 4.69) is 6.92 Å². The van der Waals surface area contributed by atoms with Gasteiger partial charge in [-0.05, 0) is 49.5 Å². The van der Waals surface area contributed by atoms with E-state index in [-0.39, 0.29) is 0 Å². The lowest BCUT2D eigenvalue weighted by Gasteiger charge is -2.46. The Hall–Kier alpha value is -0.0800. The molecule has 0 aromatic heterocycles. The fourth-order valence-electron chi connectivity index (χ4n) is 3.43. The van der Waals surface area contributed by atoms with Crippen LogP contribution in [0.2, 0.25) is 0 Å². The highest BCUT2D eigenvalue weighted by atomic mass is 16.5. The summed E-state index contributed by atoms with van der Waals surface area (Å²) in [6.45, 7) is 5.19. The Morgan fingerprint density at radius 3 is 2.27 bits per heavy atom. The first-order chi connectivity index (χ1) is 7.27. The fraction of sp³-hybridized carbons (Fsp3) is 1.00. The lowest BCUT2D eigenvalue weighted by atomic mass is 9.62. The molecule has 2 fully saturated rings. The predicted molar refractivity (Wildman–Crippen MR) is 62.7 cm³/mol. The number of nitrogens with two attached hydrogens (primary N) is 1. The second kappa shape index (κ2) is 4.84. The maximum Gasteiger partial charge on any atom is 0.0468 e. The third kappa shape index (κ3) is 2.36. The smallest absolute Gasteiger partial charge is 0.0468 e. The molecule has 0 spiro atoms. The molecule has 1 saturated carbocycles. The van der Waals surface area contributed by atoms with Crippen molar-refractivity contribution in [2.24, 2.45) is 23.0 Å². The first-order valence-corrected chi connectivity index (χ1v) is 6.55. The Balaban J connectivity index is 2.00. The largest absolute Gasteiger partial charge is 0.381 e. The van der Waals surface area contributed by atoms with Crippen LogP contribution in [0.15, 0.2) is 0 Å². The lowest BCUT2D eigenvalue weighted by Crippen LogP contribution is -2.43. The lowest BCUT2D eigenvalue weighted by molar-refractivity contribution is -0.00972. The standard InChI is InChI=1S/C13H25NO/c1-11-2-6-13(10-14,7-3-11)12-4-8-15-9-5-12/h11-12H,2-10,14H2,1H3. The van der Waals surface area contributed by atoms with Crippen molar-refractivity contribution in [3.8, 4) is 0 Å². The zero-order valence-corrected chi connectivity index (χ0v) is 10.0. The quantitative estimate of drug-likeness (QED) is 0.762. The Morgan fingerprint density at radius 2 is 1.73 bits per heavy atom. The average Bonchev–Trinajstić information content (AvgIpc) is 2.32. The number of rotatable bonds is 2. The molecule has 0 amide bonds. The second-order valence-corrected chi connectivity index (χ2v) is 5.64. The van der Waals surface area contributed by atoms with E-state index in [0.717, 1.165) is 31.6 Å². The van der Waals surface area contributed by atoms with Gasteiger partial charge >= 0.3 is 0 Å². The molecule has 1 aliphatic heterocycles. The van der Waals surface area contributed by atoms with Crippen LogP contribution in [0.25, 0.3) is 0 Å². The molecule has 0 aromatic rings. The molecule has 1 saturated heterocycles. The molecule has 15 heavy (non-hydrogen) atoms. The summed E-state index contributed by atoms with van der Waals surface area (Å²) in [7, 11) is 0. The monoisotopic (exact) mass is 211 g/mol. The zero-order chi connectivity index (χ0) is 10.7. The van der Waals surface area contributed by atoms with Crippen LogP contribution in [0.1, 0.15) is 45.4 Å². The Bertz CT molecular complexity index is 191. The minimum absolute atomic E-state index is 0.469. The summed E-state index contributed by atoms with van der Waals surface area (Å²) < 4.78 is 5.46. The van der Waals surface area contributed by atoms with Crippen molar-refractivity contribution < 1.29 is 4.74 Å². The Morgan fingerprint density at radius 1 is 1.13 bits per heavy atom. The summed E-state index contributed by atoms with van der Waals surface area (Å²) in [6.07, 6.45) is 7.96. The number of hydrogen-bond donors (Lipinski definition) is 1. The van der Waals surface area contributed by atoms with Gasteiger partial charge < -0.3 is 10.5 Å². The van der Waals surface area contributed by atoms with Gasteiger partial charge in [-0.25, -0.2) is 0 Å². The van der Waals surface area contributed by atoms with Gasteiger partial charge in [0.05, 0.1) is 0 Å². The molecule has 2 aliphatic rings. The molecule has 0 bridgehead atoms. The van der Waals surface area contributed by atoms with Crippen molar-refractivity contribution in [2.75, 3.05) is 19.8 Å². The van der Waals surface area contributed by atoms with E-state index in [1.165, 1.54) is 38.5 Å². The van der Waals surface area contributed by atoms with Crippen LogP contribution in [0.3, 0.4) is 0 Å². The molecule has 2 nitrogen and oxygen atoms in total. The van der Waals surface area contributed by atoms with E-state index in [4.69, 9.17) is 10.5 Å². The summed E-state index contributed by atoms with van der Waals surface area (Å²) in [5.74, 6) is 1.76. The van der Waals surface area contributed by atoms with Gasteiger partial charge in [0.1, 0.15) is 0 Å². The predicted octanol–water partition coefficient (Wildman–Crippen LogP) is 2.57. The van der Waals surface area contributed by atoms with E-state index in [0.29, 0.717) is 5.41 Å². The van der Waals surface area contributed by atoms with Crippen molar-refractivity contribution in [1.29, 1.82) is 0 Å². The minimum Gasteiger partial charge on any atom is -0.381 e. The Labute approximate surface area is 93.6 Å². The Kier molecular flexibility index (Phi) is 3.68. The van der Waals surface area contributed by atoms with Crippen LogP contribution < -0.4 is 5.73 Å². The molecular weight excluding hydrogens is 186 g/mol. The maximum atomic E-state index is 6.07. The van der Waals surface area contributed by atoms with Crippen LogP contribution in [-0.4, -0.2) is 19.8 Å². The van der Waals surface area contributed by atoms with Crippen molar-refractivity contribution in [2.45, 2.75) is 45.4 Å². The summed E-state index contributed by atoms with van der Waals surface area (Å²) in [5.41, 5.74) is 6.54. The summed E-state index contributed by atoms with van der Waals surface area (Å²) in [4.78, 5) is 0. The molecule has 2 N–H and O–H groups in total. The molecule has 0 atom stereocenters. The van der Waals surface area contributed by atoms with Crippen molar-refractivity contribution >= 4 is 0 Å². The highest BCUT2D eigenvalue weighted by Gasteiger charge is 2.40. The first-order valence-electron chi connectivity index (χ1n) is 6.55. The van der Waals surface area contributed by atoms with Crippen LogP contribution >= 0.6 is 0 Å². The van der Waals surface area contributed by atoms with Gasteiger partial charge in [-0.15, -0.1) is 0 Å². The van der Waals surface area contributed by atoms with Crippen molar-refractivity contribution in [1.82, 2.24) is 0 Å². The number of hydrogen-bond acceptors (Lipinski definition) is 2. The van der Waals surface area contributed by atoms with Gasteiger partial charge in [0, 0.05) is 13.2 Å². The second-order valence-electron chi connectivity index (χ2n) is 5.64. The van der Waals surface area contributed by atoms with Gasteiger partial charge in [0.25, 0.3) is 0 Å². The van der Waals surface area contributed by atoms with Crippen molar-refractivity contribution in [3.63, 3.8) is 0 Å². The van der Waals surface area contributed by atoms with E-state index >= 15 is 0 Å². The normalized spacial score (nSPS) is 39.2. The molecule has 88 valence electrons. The van der Waals surface area contributed by atoms with Gasteiger partial charge in [0.2, 0.25) is 0 Å². The third-order valence-electron chi connectivity index (χ3n) is 4.76. The van der Waals surface area contributed by atoms with E-state index in [1.54, 1.807) is 0 Å². The molecule has 1 heterocycles. The maximum absolute atomic E-state index is 6.07. The molecule has 0 unspecified atom stereocenters. The molecule has 2 heteroatoms.